The van der Waals surface area contributed by atoms with E-state index < -0.39 is 0 Å². The van der Waals surface area contributed by atoms with Gasteiger partial charge in [0.25, 0.3) is 0 Å². The van der Waals surface area contributed by atoms with Gasteiger partial charge in [0.2, 0.25) is 11.8 Å². The first-order valence-electron chi connectivity index (χ1n) is 7.54. The van der Waals surface area contributed by atoms with E-state index in [2.05, 4.69) is 24.1 Å². The van der Waals surface area contributed by atoms with Crippen molar-refractivity contribution in [1.82, 2.24) is 15.2 Å². The zero-order valence-corrected chi connectivity index (χ0v) is 13.2. The molecule has 1 saturated heterocycles. The highest BCUT2D eigenvalue weighted by Gasteiger charge is 2.47. The highest BCUT2D eigenvalue weighted by molar-refractivity contribution is 7.09. The van der Waals surface area contributed by atoms with Gasteiger partial charge in [-0.1, -0.05) is 13.8 Å². The maximum Gasteiger partial charge on any atom is 0.246 e. The molecular weight excluding hydrogens is 286 g/mol. The average Bonchev–Trinajstić information content (AvgIpc) is 3.11. The number of aromatic nitrogens is 1. The van der Waals surface area contributed by atoms with Gasteiger partial charge in [-0.2, -0.15) is 0 Å². The molecule has 0 aromatic carbocycles. The van der Waals surface area contributed by atoms with Crippen LogP contribution in [0.25, 0.3) is 0 Å². The fraction of sp³-hybridized carbons (Fsp3) is 0.667. The van der Waals surface area contributed by atoms with Crippen LogP contribution in [0.2, 0.25) is 0 Å². The average molecular weight is 307 g/mol. The second-order valence-electron chi connectivity index (χ2n) is 6.41. The Bertz CT molecular complexity index is 525. The molecule has 2 atom stereocenters. The van der Waals surface area contributed by atoms with Crippen LogP contribution in [0.5, 0.6) is 0 Å². The number of carbonyl (C=O) groups is 2. The number of nitrogens with one attached hydrogen (secondary N) is 1. The summed E-state index contributed by atoms with van der Waals surface area (Å²) in [5.74, 6) is 0.796. The number of piperazine rings is 1. The summed E-state index contributed by atoms with van der Waals surface area (Å²) in [6.45, 7) is 4.65. The van der Waals surface area contributed by atoms with Gasteiger partial charge in [-0.15, -0.1) is 11.3 Å². The molecule has 2 amide bonds. The van der Waals surface area contributed by atoms with Crippen LogP contribution in [0.3, 0.4) is 0 Å². The highest BCUT2D eigenvalue weighted by atomic mass is 32.1. The summed E-state index contributed by atoms with van der Waals surface area (Å²) in [5.41, 5.74) is 1.77. The fourth-order valence-corrected chi connectivity index (χ4v) is 3.57. The van der Waals surface area contributed by atoms with Gasteiger partial charge in [0, 0.05) is 11.1 Å². The number of hydrogen-bond donors (Lipinski definition) is 1. The number of thiazole rings is 1. The number of rotatable bonds is 5. The lowest BCUT2D eigenvalue weighted by atomic mass is 9.97. The van der Waals surface area contributed by atoms with E-state index in [0.29, 0.717) is 24.8 Å². The van der Waals surface area contributed by atoms with Crippen LogP contribution in [0, 0.1) is 11.8 Å². The van der Waals surface area contributed by atoms with Gasteiger partial charge in [0.15, 0.2) is 0 Å². The fourth-order valence-electron chi connectivity index (χ4n) is 2.97. The monoisotopic (exact) mass is 307 g/mol. The molecule has 2 aliphatic rings. The lowest BCUT2D eigenvalue weighted by Crippen LogP contribution is -2.63. The molecule has 1 N–H and O–H groups in total. The van der Waals surface area contributed by atoms with Gasteiger partial charge in [0.1, 0.15) is 12.1 Å². The molecule has 1 saturated carbocycles. The summed E-state index contributed by atoms with van der Waals surface area (Å²) in [4.78, 5) is 32.1. The van der Waals surface area contributed by atoms with Gasteiger partial charge in [-0.05, 0) is 31.1 Å². The topological polar surface area (TPSA) is 62.3 Å². The Morgan fingerprint density at radius 2 is 2.19 bits per heavy atom. The van der Waals surface area contributed by atoms with E-state index in [1.165, 1.54) is 11.3 Å². The van der Waals surface area contributed by atoms with Crippen LogP contribution < -0.4 is 5.32 Å². The minimum atomic E-state index is -0.375. The lowest BCUT2D eigenvalue weighted by molar-refractivity contribution is -0.151. The van der Waals surface area contributed by atoms with E-state index in [1.807, 2.05) is 0 Å². The Morgan fingerprint density at radius 1 is 1.43 bits per heavy atom. The zero-order chi connectivity index (χ0) is 15.0. The van der Waals surface area contributed by atoms with Gasteiger partial charge in [0.05, 0.1) is 12.1 Å². The van der Waals surface area contributed by atoms with Crippen molar-refractivity contribution < 1.29 is 9.59 Å². The Morgan fingerprint density at radius 3 is 2.76 bits per heavy atom. The molecule has 3 rings (SSSR count). The Hall–Kier alpha value is -1.43. The molecule has 0 radical (unpaired) electrons. The molecule has 2 fully saturated rings. The second-order valence-corrected chi connectivity index (χ2v) is 7.38. The van der Waals surface area contributed by atoms with Crippen LogP contribution in [0.15, 0.2) is 11.7 Å². The standard InChI is InChI=1S/C15H21N3O2S/c1-9(2)5-12-15(20)18(7-11-6-16-8-21-11)13(10-3-4-10)14(19)17-12/h6,8-10,12-13H,3-5,7H2,1-2H3,(H,17,19). The number of carbonyl (C=O) groups excluding carboxylic acids is 2. The van der Waals surface area contributed by atoms with Crippen molar-refractivity contribution in [3.63, 3.8) is 0 Å². The number of nitrogens with zero attached hydrogens (tertiary/aromatic N) is 2. The molecule has 114 valence electrons. The lowest BCUT2D eigenvalue weighted by Gasteiger charge is -2.39. The summed E-state index contributed by atoms with van der Waals surface area (Å²) in [7, 11) is 0. The maximum absolute atomic E-state index is 12.8. The van der Waals surface area contributed by atoms with Crippen LogP contribution >= 0.6 is 11.3 Å². The summed E-state index contributed by atoms with van der Waals surface area (Å²) in [5, 5.41) is 2.94. The zero-order valence-electron chi connectivity index (χ0n) is 12.4. The minimum absolute atomic E-state index is 0.0206. The summed E-state index contributed by atoms with van der Waals surface area (Å²) in [6.07, 6.45) is 4.56. The third kappa shape index (κ3) is 3.10. The van der Waals surface area contributed by atoms with Crippen LogP contribution in [0.4, 0.5) is 0 Å². The molecule has 1 aliphatic carbocycles. The Labute approximate surface area is 128 Å². The van der Waals surface area contributed by atoms with Gasteiger partial charge >= 0.3 is 0 Å². The third-order valence-corrected chi connectivity index (χ3v) is 4.85. The largest absolute Gasteiger partial charge is 0.342 e. The quantitative estimate of drug-likeness (QED) is 0.902. The molecule has 2 unspecified atom stereocenters. The van der Waals surface area contributed by atoms with E-state index in [0.717, 1.165) is 17.7 Å². The van der Waals surface area contributed by atoms with Crippen molar-refractivity contribution in [2.45, 2.75) is 51.7 Å². The molecule has 2 heterocycles. The van der Waals surface area contributed by atoms with Gasteiger partial charge < -0.3 is 10.2 Å². The molecule has 0 bridgehead atoms. The predicted octanol–water partition coefficient (Wildman–Crippen LogP) is 1.79. The summed E-state index contributed by atoms with van der Waals surface area (Å²) in [6, 6.07) is -0.663. The van der Waals surface area contributed by atoms with Crippen molar-refractivity contribution >= 4 is 23.2 Å². The summed E-state index contributed by atoms with van der Waals surface area (Å²) < 4.78 is 0. The number of hydrogen-bond acceptors (Lipinski definition) is 4. The Kier molecular flexibility index (Phi) is 3.97. The van der Waals surface area contributed by atoms with Crippen LogP contribution in [-0.4, -0.2) is 33.8 Å². The maximum atomic E-state index is 12.8. The van der Waals surface area contributed by atoms with Crippen molar-refractivity contribution in [3.05, 3.63) is 16.6 Å². The first-order chi connectivity index (χ1) is 10.1. The van der Waals surface area contributed by atoms with E-state index in [1.54, 1.807) is 16.6 Å². The van der Waals surface area contributed by atoms with Crippen molar-refractivity contribution in [2.24, 2.45) is 11.8 Å². The molecule has 21 heavy (non-hydrogen) atoms. The Balaban J connectivity index is 1.81. The number of amides is 2. The van der Waals surface area contributed by atoms with Crippen molar-refractivity contribution in [2.75, 3.05) is 0 Å². The van der Waals surface area contributed by atoms with E-state index in [4.69, 9.17) is 0 Å². The molecule has 5 nitrogen and oxygen atoms in total. The minimum Gasteiger partial charge on any atom is -0.342 e. The molecule has 1 aliphatic heterocycles. The predicted molar refractivity (Wildman–Crippen MR) is 80.6 cm³/mol. The van der Waals surface area contributed by atoms with E-state index >= 15 is 0 Å². The van der Waals surface area contributed by atoms with Gasteiger partial charge in [-0.25, -0.2) is 0 Å². The third-order valence-electron chi connectivity index (χ3n) is 4.09. The molecule has 0 spiro atoms. The second kappa shape index (κ2) is 5.75. The molecule has 6 heteroatoms. The first kappa shape index (κ1) is 14.5. The smallest absolute Gasteiger partial charge is 0.246 e. The van der Waals surface area contributed by atoms with Gasteiger partial charge in [-0.3, -0.25) is 14.6 Å². The normalized spacial score (nSPS) is 26.3. The van der Waals surface area contributed by atoms with Crippen molar-refractivity contribution in [3.8, 4) is 0 Å². The first-order valence-corrected chi connectivity index (χ1v) is 8.42. The van der Waals surface area contributed by atoms with E-state index in [-0.39, 0.29) is 23.9 Å². The van der Waals surface area contributed by atoms with Crippen molar-refractivity contribution in [1.29, 1.82) is 0 Å². The summed E-state index contributed by atoms with van der Waals surface area (Å²) >= 11 is 1.53. The van der Waals surface area contributed by atoms with Crippen LogP contribution in [0.1, 0.15) is 38.0 Å². The SMILES string of the molecule is CC(C)CC1NC(=O)C(C2CC2)N(Cc2cncs2)C1=O. The molecule has 1 aromatic heterocycles. The highest BCUT2D eigenvalue weighted by Crippen LogP contribution is 2.38. The molecular formula is C15H21N3O2S. The molecule has 1 aromatic rings. The van der Waals surface area contributed by atoms with E-state index in [9.17, 15) is 9.59 Å². The van der Waals surface area contributed by atoms with Crippen LogP contribution in [-0.2, 0) is 16.1 Å².